The lowest BCUT2D eigenvalue weighted by molar-refractivity contribution is -0.384. The lowest BCUT2D eigenvalue weighted by atomic mass is 10.0. The van der Waals surface area contributed by atoms with Crippen molar-refractivity contribution in [2.75, 3.05) is 19.0 Å². The number of ether oxygens (including phenoxy) is 1. The summed E-state index contributed by atoms with van der Waals surface area (Å²) in [5, 5.41) is 16.6. The van der Waals surface area contributed by atoms with Crippen molar-refractivity contribution in [3.63, 3.8) is 0 Å². The number of piperidine rings is 1. The number of carbonyl (C=O) groups is 1. The summed E-state index contributed by atoms with van der Waals surface area (Å²) >= 11 is 0. The molecule has 1 aromatic rings. The lowest BCUT2D eigenvalue weighted by Gasteiger charge is -2.22. The van der Waals surface area contributed by atoms with Crippen molar-refractivity contribution in [1.82, 2.24) is 5.32 Å². The lowest BCUT2D eigenvalue weighted by Crippen LogP contribution is -2.43. The zero-order valence-corrected chi connectivity index (χ0v) is 11.2. The van der Waals surface area contributed by atoms with Crippen LogP contribution in [0.4, 0.5) is 11.4 Å². The molecule has 0 aromatic heterocycles. The maximum atomic E-state index is 12.1. The van der Waals surface area contributed by atoms with Crippen LogP contribution < -0.4 is 15.4 Å². The summed E-state index contributed by atoms with van der Waals surface area (Å²) in [5.74, 6) is 0.211. The molecule has 1 saturated heterocycles. The molecule has 2 rings (SSSR count). The van der Waals surface area contributed by atoms with Gasteiger partial charge in [0.2, 0.25) is 5.91 Å². The molecule has 20 heavy (non-hydrogen) atoms. The number of rotatable bonds is 4. The molecule has 2 N–H and O–H groups in total. The van der Waals surface area contributed by atoms with E-state index in [0.29, 0.717) is 11.4 Å². The topological polar surface area (TPSA) is 93.5 Å². The molecule has 1 aliphatic rings. The van der Waals surface area contributed by atoms with Gasteiger partial charge in [-0.15, -0.1) is 0 Å². The van der Waals surface area contributed by atoms with E-state index in [2.05, 4.69) is 10.6 Å². The number of amides is 1. The van der Waals surface area contributed by atoms with E-state index >= 15 is 0 Å². The molecule has 108 valence electrons. The van der Waals surface area contributed by atoms with Gasteiger partial charge in [0, 0.05) is 12.1 Å². The van der Waals surface area contributed by atoms with Gasteiger partial charge in [-0.25, -0.2) is 0 Å². The molecule has 1 aliphatic heterocycles. The van der Waals surface area contributed by atoms with Crippen LogP contribution in [-0.2, 0) is 4.79 Å². The number of nitrogens with one attached hydrogen (secondary N) is 2. The van der Waals surface area contributed by atoms with Gasteiger partial charge in [-0.3, -0.25) is 14.9 Å². The van der Waals surface area contributed by atoms with E-state index < -0.39 is 4.92 Å². The van der Waals surface area contributed by atoms with Gasteiger partial charge in [-0.1, -0.05) is 6.42 Å². The molecular formula is C13H17N3O4. The SMILES string of the molecule is COc1ccc([N+](=O)[O-])cc1NC(=O)[C@@H]1CCCCN1. The zero-order valence-electron chi connectivity index (χ0n) is 11.2. The van der Waals surface area contributed by atoms with E-state index in [0.717, 1.165) is 25.8 Å². The fourth-order valence-corrected chi connectivity index (χ4v) is 2.20. The maximum absolute atomic E-state index is 12.1. The number of nitro benzene ring substituents is 1. The Kier molecular flexibility index (Phi) is 4.52. The molecule has 0 spiro atoms. The first kappa shape index (κ1) is 14.3. The number of non-ortho nitro benzene ring substituents is 1. The highest BCUT2D eigenvalue weighted by atomic mass is 16.6. The van der Waals surface area contributed by atoms with Gasteiger partial charge in [-0.2, -0.15) is 0 Å². The monoisotopic (exact) mass is 279 g/mol. The summed E-state index contributed by atoms with van der Waals surface area (Å²) in [4.78, 5) is 22.4. The molecule has 1 amide bonds. The van der Waals surface area contributed by atoms with Crippen molar-refractivity contribution in [1.29, 1.82) is 0 Å². The smallest absolute Gasteiger partial charge is 0.271 e. The second-order valence-electron chi connectivity index (χ2n) is 4.63. The second-order valence-corrected chi connectivity index (χ2v) is 4.63. The normalized spacial score (nSPS) is 18.4. The fourth-order valence-electron chi connectivity index (χ4n) is 2.20. The Bertz CT molecular complexity index is 512. The third kappa shape index (κ3) is 3.24. The van der Waals surface area contributed by atoms with E-state index in [1.807, 2.05) is 0 Å². The Morgan fingerprint density at radius 1 is 1.50 bits per heavy atom. The van der Waals surface area contributed by atoms with Crippen LogP contribution in [0.2, 0.25) is 0 Å². The largest absolute Gasteiger partial charge is 0.495 e. The van der Waals surface area contributed by atoms with Gasteiger partial charge < -0.3 is 15.4 Å². The summed E-state index contributed by atoms with van der Waals surface area (Å²) in [7, 11) is 1.45. The van der Waals surface area contributed by atoms with Gasteiger partial charge in [0.1, 0.15) is 5.75 Å². The summed E-state index contributed by atoms with van der Waals surface area (Å²) in [5.41, 5.74) is 0.233. The minimum atomic E-state index is -0.506. The Morgan fingerprint density at radius 2 is 2.30 bits per heavy atom. The van der Waals surface area contributed by atoms with Crippen molar-refractivity contribution in [3.8, 4) is 5.75 Å². The predicted octanol–water partition coefficient (Wildman–Crippen LogP) is 1.68. The van der Waals surface area contributed by atoms with Crippen LogP contribution in [0.5, 0.6) is 5.75 Å². The Labute approximate surface area is 116 Å². The van der Waals surface area contributed by atoms with E-state index in [1.165, 1.54) is 25.3 Å². The first-order valence-electron chi connectivity index (χ1n) is 6.48. The van der Waals surface area contributed by atoms with Crippen LogP contribution in [0.15, 0.2) is 18.2 Å². The third-order valence-corrected chi connectivity index (χ3v) is 3.28. The minimum absolute atomic E-state index is 0.0855. The maximum Gasteiger partial charge on any atom is 0.271 e. The third-order valence-electron chi connectivity index (χ3n) is 3.28. The van der Waals surface area contributed by atoms with Crippen LogP contribution in [0.3, 0.4) is 0 Å². The highest BCUT2D eigenvalue weighted by Crippen LogP contribution is 2.29. The number of nitro groups is 1. The van der Waals surface area contributed by atoms with Gasteiger partial charge >= 0.3 is 0 Å². The van der Waals surface area contributed by atoms with Gasteiger partial charge in [0.15, 0.2) is 0 Å². The summed E-state index contributed by atoms with van der Waals surface area (Å²) in [6.45, 7) is 0.810. The van der Waals surface area contributed by atoms with Crippen molar-refractivity contribution < 1.29 is 14.5 Å². The number of anilines is 1. The van der Waals surface area contributed by atoms with Gasteiger partial charge in [0.25, 0.3) is 5.69 Å². The molecule has 1 fully saturated rings. The Morgan fingerprint density at radius 3 is 2.90 bits per heavy atom. The standard InChI is InChI=1S/C13H17N3O4/c1-20-12-6-5-9(16(18)19)8-11(12)15-13(17)10-4-2-3-7-14-10/h5-6,8,10,14H,2-4,7H2,1H3,(H,15,17)/t10-/m0/s1. The molecule has 1 atom stereocenters. The van der Waals surface area contributed by atoms with Crippen molar-refractivity contribution >= 4 is 17.3 Å². The Hall–Kier alpha value is -2.15. The van der Waals surface area contributed by atoms with E-state index in [-0.39, 0.29) is 17.6 Å². The van der Waals surface area contributed by atoms with Crippen molar-refractivity contribution in [2.24, 2.45) is 0 Å². The molecule has 7 nitrogen and oxygen atoms in total. The molecule has 0 aliphatic carbocycles. The molecule has 1 aromatic carbocycles. The van der Waals surface area contributed by atoms with Crippen molar-refractivity contribution in [2.45, 2.75) is 25.3 Å². The van der Waals surface area contributed by atoms with Crippen molar-refractivity contribution in [3.05, 3.63) is 28.3 Å². The second kappa shape index (κ2) is 6.33. The quantitative estimate of drug-likeness (QED) is 0.646. The molecule has 0 unspecified atom stereocenters. The summed E-state index contributed by atoms with van der Waals surface area (Å²) in [6, 6.07) is 3.86. The fraction of sp³-hybridized carbons (Fsp3) is 0.462. The minimum Gasteiger partial charge on any atom is -0.495 e. The molecular weight excluding hydrogens is 262 g/mol. The van der Waals surface area contributed by atoms with Crippen LogP contribution in [0.25, 0.3) is 0 Å². The average molecular weight is 279 g/mol. The number of carbonyl (C=O) groups excluding carboxylic acids is 1. The van der Waals surface area contributed by atoms with E-state index in [4.69, 9.17) is 4.74 Å². The summed E-state index contributed by atoms with van der Waals surface area (Å²) in [6.07, 6.45) is 2.82. The number of hydrogen-bond donors (Lipinski definition) is 2. The van der Waals surface area contributed by atoms with Crippen LogP contribution in [-0.4, -0.2) is 30.5 Å². The van der Waals surface area contributed by atoms with Crippen LogP contribution in [0, 0.1) is 10.1 Å². The first-order valence-corrected chi connectivity index (χ1v) is 6.48. The molecule has 0 saturated carbocycles. The van der Waals surface area contributed by atoms with E-state index in [1.54, 1.807) is 0 Å². The van der Waals surface area contributed by atoms with E-state index in [9.17, 15) is 14.9 Å². The number of benzene rings is 1. The summed E-state index contributed by atoms with van der Waals surface area (Å²) < 4.78 is 5.11. The highest BCUT2D eigenvalue weighted by Gasteiger charge is 2.22. The molecule has 0 bridgehead atoms. The predicted molar refractivity (Wildman–Crippen MR) is 73.9 cm³/mol. The molecule has 7 heteroatoms. The average Bonchev–Trinajstić information content (AvgIpc) is 2.48. The van der Waals surface area contributed by atoms with Crippen LogP contribution >= 0.6 is 0 Å². The molecule has 0 radical (unpaired) electrons. The Balaban J connectivity index is 2.15. The van der Waals surface area contributed by atoms with Crippen LogP contribution in [0.1, 0.15) is 19.3 Å². The highest BCUT2D eigenvalue weighted by molar-refractivity contribution is 5.96. The first-order chi connectivity index (χ1) is 9.61. The number of hydrogen-bond acceptors (Lipinski definition) is 5. The molecule has 1 heterocycles. The number of nitrogens with zero attached hydrogens (tertiary/aromatic N) is 1. The number of methoxy groups -OCH3 is 1. The van der Waals surface area contributed by atoms with Gasteiger partial charge in [0.05, 0.1) is 23.8 Å². The zero-order chi connectivity index (χ0) is 14.5. The van der Waals surface area contributed by atoms with Gasteiger partial charge in [-0.05, 0) is 25.5 Å².